The molecule has 1 heterocycles. The van der Waals surface area contributed by atoms with Gasteiger partial charge in [-0.3, -0.25) is 14.9 Å². The first-order valence-corrected chi connectivity index (χ1v) is 11.7. The van der Waals surface area contributed by atoms with E-state index in [1.54, 1.807) is 0 Å². The van der Waals surface area contributed by atoms with Crippen molar-refractivity contribution in [2.45, 2.75) is 30.6 Å². The van der Waals surface area contributed by atoms with Crippen LogP contribution in [0.15, 0.2) is 23.1 Å². The average molecular weight is 407 g/mol. The first-order valence-electron chi connectivity index (χ1n) is 9.76. The lowest BCUT2D eigenvalue weighted by Gasteiger charge is -2.38. The zero-order valence-electron chi connectivity index (χ0n) is 15.9. The van der Waals surface area contributed by atoms with Gasteiger partial charge in [0.05, 0.1) is 9.82 Å². The number of nitrogens with zero attached hydrogens (tertiary/aromatic N) is 3. The summed E-state index contributed by atoms with van der Waals surface area (Å²) in [6, 6.07) is 4.03. The van der Waals surface area contributed by atoms with Crippen LogP contribution in [0.4, 0.5) is 11.4 Å². The van der Waals surface area contributed by atoms with E-state index in [1.165, 1.54) is 31.4 Å². The van der Waals surface area contributed by atoms with Crippen molar-refractivity contribution >= 4 is 27.1 Å². The van der Waals surface area contributed by atoms with E-state index in [0.29, 0.717) is 37.8 Å². The summed E-state index contributed by atoms with van der Waals surface area (Å²) >= 11 is 0. The van der Waals surface area contributed by atoms with Gasteiger partial charge in [0.1, 0.15) is 5.69 Å². The highest BCUT2D eigenvalue weighted by Crippen LogP contribution is 2.49. The fourth-order valence-corrected chi connectivity index (χ4v) is 5.74. The van der Waals surface area contributed by atoms with Crippen molar-refractivity contribution in [2.24, 2.45) is 17.8 Å². The number of benzene rings is 1. The Hall–Kier alpha value is -2.16. The minimum absolute atomic E-state index is 0.0620. The van der Waals surface area contributed by atoms with Crippen LogP contribution >= 0.6 is 0 Å². The van der Waals surface area contributed by atoms with Gasteiger partial charge in [-0.1, -0.05) is 6.42 Å². The van der Waals surface area contributed by atoms with Crippen molar-refractivity contribution in [2.75, 3.05) is 37.3 Å². The van der Waals surface area contributed by atoms with Gasteiger partial charge in [-0.15, -0.1) is 0 Å². The zero-order chi connectivity index (χ0) is 20.1. The SMILES string of the molecule is CS(=O)(=O)c1ccc(N2CCN(C(=O)C3CC4CCC3C4)CC2)c([N+](=O)[O-])c1. The molecule has 0 aromatic heterocycles. The molecule has 1 aromatic rings. The van der Waals surface area contributed by atoms with Crippen LogP contribution in [-0.2, 0) is 14.6 Å². The lowest BCUT2D eigenvalue weighted by molar-refractivity contribution is -0.384. The van der Waals surface area contributed by atoms with Crippen molar-refractivity contribution in [1.29, 1.82) is 0 Å². The van der Waals surface area contributed by atoms with Gasteiger partial charge in [0.2, 0.25) is 5.91 Å². The molecule has 4 rings (SSSR count). The quantitative estimate of drug-likeness (QED) is 0.559. The molecule has 2 saturated carbocycles. The monoisotopic (exact) mass is 407 g/mol. The molecule has 1 aliphatic heterocycles. The Morgan fingerprint density at radius 3 is 2.39 bits per heavy atom. The molecular formula is C19H25N3O5S. The van der Waals surface area contributed by atoms with Gasteiger partial charge in [0.25, 0.3) is 5.69 Å². The highest BCUT2D eigenvalue weighted by molar-refractivity contribution is 7.90. The number of sulfone groups is 1. The minimum Gasteiger partial charge on any atom is -0.362 e. The van der Waals surface area contributed by atoms with Crippen LogP contribution in [0.5, 0.6) is 0 Å². The number of nitro groups is 1. The Kier molecular flexibility index (Phi) is 4.81. The smallest absolute Gasteiger partial charge is 0.293 e. The van der Waals surface area contributed by atoms with Crippen LogP contribution in [0.25, 0.3) is 0 Å². The molecule has 3 fully saturated rings. The fourth-order valence-electron chi connectivity index (χ4n) is 5.10. The van der Waals surface area contributed by atoms with E-state index in [1.807, 2.05) is 9.80 Å². The molecule has 1 saturated heterocycles. The van der Waals surface area contributed by atoms with Crippen molar-refractivity contribution in [3.63, 3.8) is 0 Å². The Balaban J connectivity index is 1.46. The lowest BCUT2D eigenvalue weighted by Crippen LogP contribution is -2.51. The number of hydrogen-bond acceptors (Lipinski definition) is 6. The molecule has 1 aromatic carbocycles. The second-order valence-electron chi connectivity index (χ2n) is 8.27. The number of hydrogen-bond donors (Lipinski definition) is 0. The highest BCUT2D eigenvalue weighted by atomic mass is 32.2. The Bertz CT molecular complexity index is 908. The standard InChI is InChI=1S/C19H25N3O5S/c1-28(26,27)15-4-5-17(18(12-15)22(24)25)20-6-8-21(9-7-20)19(23)16-11-13-2-3-14(16)10-13/h4-5,12-14,16H,2-3,6-11H2,1H3. The van der Waals surface area contributed by atoms with Crippen LogP contribution < -0.4 is 4.90 Å². The molecule has 2 bridgehead atoms. The van der Waals surface area contributed by atoms with Gasteiger partial charge < -0.3 is 9.80 Å². The third-order valence-electron chi connectivity index (χ3n) is 6.56. The Labute approximate surface area is 164 Å². The van der Waals surface area contributed by atoms with Gasteiger partial charge in [-0.05, 0) is 43.2 Å². The van der Waals surface area contributed by atoms with E-state index >= 15 is 0 Å². The van der Waals surface area contributed by atoms with Crippen molar-refractivity contribution in [3.8, 4) is 0 Å². The van der Waals surface area contributed by atoms with E-state index in [-0.39, 0.29) is 22.4 Å². The van der Waals surface area contributed by atoms with Gasteiger partial charge in [-0.2, -0.15) is 0 Å². The van der Waals surface area contributed by atoms with Gasteiger partial charge in [0.15, 0.2) is 9.84 Å². The van der Waals surface area contributed by atoms with Crippen molar-refractivity contribution in [1.82, 2.24) is 4.90 Å². The minimum atomic E-state index is -3.52. The van der Waals surface area contributed by atoms with Crippen molar-refractivity contribution < 1.29 is 18.1 Å². The number of piperazine rings is 1. The fraction of sp³-hybridized carbons (Fsp3) is 0.632. The normalized spacial score (nSPS) is 27.2. The van der Waals surface area contributed by atoms with E-state index in [2.05, 4.69) is 0 Å². The van der Waals surface area contributed by atoms with Crippen LogP contribution in [0, 0.1) is 27.9 Å². The zero-order valence-corrected chi connectivity index (χ0v) is 16.7. The van der Waals surface area contributed by atoms with Crippen LogP contribution in [0.3, 0.4) is 0 Å². The molecule has 2 aliphatic carbocycles. The largest absolute Gasteiger partial charge is 0.362 e. The summed E-state index contributed by atoms with van der Waals surface area (Å²) in [4.78, 5) is 27.5. The van der Waals surface area contributed by atoms with Crippen LogP contribution in [-0.4, -0.2) is 56.6 Å². The molecule has 1 amide bonds. The average Bonchev–Trinajstić information content (AvgIpc) is 3.30. The number of fused-ring (bicyclic) bond motifs is 2. The maximum absolute atomic E-state index is 12.9. The van der Waals surface area contributed by atoms with Gasteiger partial charge >= 0.3 is 0 Å². The van der Waals surface area contributed by atoms with Crippen LogP contribution in [0.2, 0.25) is 0 Å². The number of carbonyl (C=O) groups excluding carboxylic acids is 1. The van der Waals surface area contributed by atoms with E-state index in [9.17, 15) is 23.3 Å². The molecule has 9 heteroatoms. The van der Waals surface area contributed by atoms with Crippen LogP contribution in [0.1, 0.15) is 25.7 Å². The predicted molar refractivity (Wildman–Crippen MR) is 104 cm³/mol. The maximum atomic E-state index is 12.9. The summed E-state index contributed by atoms with van der Waals surface area (Å²) < 4.78 is 23.4. The number of carbonyl (C=O) groups is 1. The summed E-state index contributed by atoms with van der Waals surface area (Å²) in [5.41, 5.74) is 0.195. The highest BCUT2D eigenvalue weighted by Gasteiger charge is 2.44. The summed E-state index contributed by atoms with van der Waals surface area (Å²) in [6.45, 7) is 2.09. The third kappa shape index (κ3) is 3.47. The first kappa shape index (κ1) is 19.2. The number of nitro benzene ring substituents is 1. The summed E-state index contributed by atoms with van der Waals surface area (Å²) in [6.07, 6.45) is 5.67. The second-order valence-corrected chi connectivity index (χ2v) is 10.3. The molecule has 0 spiro atoms. The molecular weight excluding hydrogens is 382 g/mol. The van der Waals surface area contributed by atoms with E-state index < -0.39 is 14.8 Å². The van der Waals surface area contributed by atoms with Gasteiger partial charge in [-0.25, -0.2) is 8.42 Å². The van der Waals surface area contributed by atoms with E-state index in [4.69, 9.17) is 0 Å². The maximum Gasteiger partial charge on any atom is 0.293 e. The number of anilines is 1. The number of amides is 1. The summed E-state index contributed by atoms with van der Waals surface area (Å²) in [5, 5.41) is 11.5. The second kappa shape index (κ2) is 7.02. The Morgan fingerprint density at radius 2 is 1.86 bits per heavy atom. The van der Waals surface area contributed by atoms with Gasteiger partial charge in [0, 0.05) is 44.4 Å². The third-order valence-corrected chi connectivity index (χ3v) is 7.67. The molecule has 152 valence electrons. The van der Waals surface area contributed by atoms with E-state index in [0.717, 1.165) is 24.7 Å². The molecule has 8 nitrogen and oxygen atoms in total. The first-order chi connectivity index (χ1) is 13.2. The number of rotatable bonds is 4. The summed E-state index contributed by atoms with van der Waals surface area (Å²) in [5.74, 6) is 1.67. The molecule has 3 atom stereocenters. The Morgan fingerprint density at radius 1 is 1.14 bits per heavy atom. The molecule has 3 aliphatic rings. The molecule has 0 N–H and O–H groups in total. The lowest BCUT2D eigenvalue weighted by atomic mass is 9.87. The van der Waals surface area contributed by atoms with Crippen molar-refractivity contribution in [3.05, 3.63) is 28.3 Å². The summed E-state index contributed by atoms with van der Waals surface area (Å²) in [7, 11) is -3.52. The predicted octanol–water partition coefficient (Wildman–Crippen LogP) is 2.08. The molecule has 28 heavy (non-hydrogen) atoms. The topological polar surface area (TPSA) is 101 Å². The molecule has 0 radical (unpaired) electrons. The molecule has 3 unspecified atom stereocenters.